The van der Waals surface area contributed by atoms with Crippen LogP contribution in [-0.2, 0) is 0 Å². The summed E-state index contributed by atoms with van der Waals surface area (Å²) in [6, 6.07) is 8.77. The fourth-order valence-electron chi connectivity index (χ4n) is 1.67. The Bertz CT molecular complexity index is 684. The molecule has 2 N–H and O–H groups in total. The van der Waals surface area contributed by atoms with Gasteiger partial charge in [-0.3, -0.25) is 9.78 Å². The lowest BCUT2D eigenvalue weighted by atomic mass is 10.1. The number of amides is 1. The number of carbonyl (C=O) groups is 1. The highest BCUT2D eigenvalue weighted by Crippen LogP contribution is 2.13. The number of carbonyl (C=O) groups excluding carboxylic acids is 1. The van der Waals surface area contributed by atoms with Gasteiger partial charge in [0.2, 0.25) is 0 Å². The molecule has 0 aliphatic rings. The van der Waals surface area contributed by atoms with Gasteiger partial charge in [-0.1, -0.05) is 17.9 Å². The molecule has 0 saturated carbocycles. The van der Waals surface area contributed by atoms with E-state index >= 15 is 0 Å². The molecule has 0 fully saturated rings. The van der Waals surface area contributed by atoms with Crippen LogP contribution in [0.3, 0.4) is 0 Å². The summed E-state index contributed by atoms with van der Waals surface area (Å²) in [6.07, 6.45) is 3.29. The van der Waals surface area contributed by atoms with E-state index in [0.29, 0.717) is 16.8 Å². The number of hydrogen-bond donors (Lipinski definition) is 2. The van der Waals surface area contributed by atoms with Gasteiger partial charge < -0.3 is 10.4 Å². The van der Waals surface area contributed by atoms with Crippen LogP contribution in [0.4, 0.5) is 5.69 Å². The number of aryl methyl sites for hydroxylation is 1. The first-order valence-corrected chi connectivity index (χ1v) is 6.12. The van der Waals surface area contributed by atoms with Crippen LogP contribution < -0.4 is 5.32 Å². The summed E-state index contributed by atoms with van der Waals surface area (Å²) in [7, 11) is 0. The summed E-state index contributed by atoms with van der Waals surface area (Å²) in [5, 5.41) is 11.5. The number of aliphatic hydroxyl groups excluding tert-OH is 1. The zero-order valence-electron chi connectivity index (χ0n) is 11.1. The fourth-order valence-corrected chi connectivity index (χ4v) is 1.67. The zero-order valence-corrected chi connectivity index (χ0v) is 11.1. The van der Waals surface area contributed by atoms with Crippen LogP contribution in [-0.4, -0.2) is 22.6 Å². The van der Waals surface area contributed by atoms with Gasteiger partial charge in [-0.25, -0.2) is 0 Å². The Morgan fingerprint density at radius 1 is 1.40 bits per heavy atom. The smallest absolute Gasteiger partial charge is 0.255 e. The quantitative estimate of drug-likeness (QED) is 0.817. The second-order valence-corrected chi connectivity index (χ2v) is 4.19. The monoisotopic (exact) mass is 266 g/mol. The number of nitrogens with zero attached hydrogens (tertiary/aromatic N) is 1. The Morgan fingerprint density at radius 3 is 3.00 bits per heavy atom. The van der Waals surface area contributed by atoms with Crippen LogP contribution in [0.2, 0.25) is 0 Å². The van der Waals surface area contributed by atoms with Crippen molar-refractivity contribution in [1.82, 2.24) is 4.98 Å². The standard InChI is InChI=1S/C16H14N2O2/c1-12-7-8-17-11-15(12)18-16(20)14-6-2-4-13(10-14)5-3-9-19/h2,4,6-8,10-11,19H,9H2,1H3,(H,18,20). The number of aromatic nitrogens is 1. The molecule has 1 amide bonds. The average molecular weight is 266 g/mol. The van der Waals surface area contributed by atoms with Crippen molar-refractivity contribution in [3.05, 3.63) is 59.4 Å². The molecule has 0 atom stereocenters. The molecule has 1 aromatic heterocycles. The molecular weight excluding hydrogens is 252 g/mol. The van der Waals surface area contributed by atoms with Gasteiger partial charge in [0.1, 0.15) is 6.61 Å². The highest BCUT2D eigenvalue weighted by Gasteiger charge is 2.07. The van der Waals surface area contributed by atoms with Crippen LogP contribution in [0.15, 0.2) is 42.7 Å². The topological polar surface area (TPSA) is 62.2 Å². The van der Waals surface area contributed by atoms with Crippen molar-refractivity contribution in [2.75, 3.05) is 11.9 Å². The lowest BCUT2D eigenvalue weighted by Crippen LogP contribution is -2.13. The third kappa shape index (κ3) is 3.44. The Kier molecular flexibility index (Phi) is 4.48. The molecule has 100 valence electrons. The van der Waals surface area contributed by atoms with Crippen molar-refractivity contribution in [1.29, 1.82) is 0 Å². The van der Waals surface area contributed by atoms with E-state index in [1.54, 1.807) is 36.7 Å². The van der Waals surface area contributed by atoms with Gasteiger partial charge in [-0.2, -0.15) is 0 Å². The van der Waals surface area contributed by atoms with Gasteiger partial charge in [-0.15, -0.1) is 0 Å². The summed E-state index contributed by atoms with van der Waals surface area (Å²) >= 11 is 0. The Labute approximate surface area is 117 Å². The van der Waals surface area contributed by atoms with Crippen LogP contribution >= 0.6 is 0 Å². The summed E-state index contributed by atoms with van der Waals surface area (Å²) in [5.74, 6) is 5.11. The molecule has 20 heavy (non-hydrogen) atoms. The van der Waals surface area contributed by atoms with Crippen LogP contribution in [0.1, 0.15) is 21.5 Å². The third-order valence-corrected chi connectivity index (χ3v) is 2.72. The molecule has 0 radical (unpaired) electrons. The van der Waals surface area contributed by atoms with Crippen molar-refractivity contribution >= 4 is 11.6 Å². The van der Waals surface area contributed by atoms with Crippen molar-refractivity contribution in [3.63, 3.8) is 0 Å². The van der Waals surface area contributed by atoms with Crippen LogP contribution in [0.5, 0.6) is 0 Å². The number of rotatable bonds is 2. The lowest BCUT2D eigenvalue weighted by molar-refractivity contribution is 0.102. The van der Waals surface area contributed by atoms with E-state index in [1.807, 2.05) is 13.0 Å². The van der Waals surface area contributed by atoms with Gasteiger partial charge in [0.15, 0.2) is 0 Å². The Morgan fingerprint density at radius 2 is 2.25 bits per heavy atom. The fraction of sp³-hybridized carbons (Fsp3) is 0.125. The molecule has 0 saturated heterocycles. The first-order chi connectivity index (χ1) is 9.70. The van der Waals surface area contributed by atoms with Crippen molar-refractivity contribution < 1.29 is 9.90 Å². The van der Waals surface area contributed by atoms with E-state index in [9.17, 15) is 4.79 Å². The number of benzene rings is 1. The van der Waals surface area contributed by atoms with E-state index < -0.39 is 0 Å². The molecule has 0 unspecified atom stereocenters. The minimum Gasteiger partial charge on any atom is -0.384 e. The van der Waals surface area contributed by atoms with Crippen LogP contribution in [0, 0.1) is 18.8 Å². The SMILES string of the molecule is Cc1ccncc1NC(=O)c1cccc(C#CCO)c1. The molecule has 2 aromatic rings. The van der Waals surface area contributed by atoms with Crippen molar-refractivity contribution in [2.24, 2.45) is 0 Å². The summed E-state index contributed by atoms with van der Waals surface area (Å²) in [5.41, 5.74) is 2.83. The first-order valence-electron chi connectivity index (χ1n) is 6.12. The zero-order chi connectivity index (χ0) is 14.4. The number of nitrogens with one attached hydrogen (secondary N) is 1. The Hall–Kier alpha value is -2.64. The van der Waals surface area contributed by atoms with Gasteiger partial charge >= 0.3 is 0 Å². The Balaban J connectivity index is 2.19. The van der Waals surface area contributed by atoms with Gasteiger partial charge in [-0.05, 0) is 36.8 Å². The third-order valence-electron chi connectivity index (χ3n) is 2.72. The van der Waals surface area contributed by atoms with E-state index in [2.05, 4.69) is 22.1 Å². The second-order valence-electron chi connectivity index (χ2n) is 4.19. The number of pyridine rings is 1. The molecule has 1 heterocycles. The molecule has 2 rings (SSSR count). The molecule has 4 nitrogen and oxygen atoms in total. The minimum absolute atomic E-state index is 0.203. The maximum atomic E-state index is 12.2. The first kappa shape index (κ1) is 13.8. The highest BCUT2D eigenvalue weighted by atomic mass is 16.2. The molecular formula is C16H14N2O2. The van der Waals surface area contributed by atoms with E-state index in [-0.39, 0.29) is 12.5 Å². The number of aliphatic hydroxyl groups is 1. The van der Waals surface area contributed by atoms with Gasteiger partial charge in [0.05, 0.1) is 11.9 Å². The summed E-state index contributed by atoms with van der Waals surface area (Å²) in [6.45, 7) is 1.70. The number of anilines is 1. The minimum atomic E-state index is -0.214. The van der Waals surface area contributed by atoms with E-state index in [0.717, 1.165) is 5.56 Å². The van der Waals surface area contributed by atoms with E-state index in [1.165, 1.54) is 0 Å². The van der Waals surface area contributed by atoms with Crippen LogP contribution in [0.25, 0.3) is 0 Å². The highest BCUT2D eigenvalue weighted by molar-refractivity contribution is 6.04. The second kappa shape index (κ2) is 6.50. The predicted molar refractivity (Wildman–Crippen MR) is 77.3 cm³/mol. The normalized spacial score (nSPS) is 9.50. The van der Waals surface area contributed by atoms with Gasteiger partial charge in [0, 0.05) is 17.3 Å². The average Bonchev–Trinajstić information content (AvgIpc) is 2.48. The van der Waals surface area contributed by atoms with Crippen molar-refractivity contribution in [2.45, 2.75) is 6.92 Å². The van der Waals surface area contributed by atoms with E-state index in [4.69, 9.17) is 5.11 Å². The molecule has 4 heteroatoms. The molecule has 0 aliphatic heterocycles. The molecule has 0 aliphatic carbocycles. The summed E-state index contributed by atoms with van der Waals surface area (Å²) < 4.78 is 0. The largest absolute Gasteiger partial charge is 0.384 e. The predicted octanol–water partition coefficient (Wildman–Crippen LogP) is 1.99. The molecule has 0 bridgehead atoms. The summed E-state index contributed by atoms with van der Waals surface area (Å²) in [4.78, 5) is 16.1. The number of hydrogen-bond acceptors (Lipinski definition) is 3. The lowest BCUT2D eigenvalue weighted by Gasteiger charge is -2.07. The van der Waals surface area contributed by atoms with Gasteiger partial charge in [0.25, 0.3) is 5.91 Å². The van der Waals surface area contributed by atoms with Crippen molar-refractivity contribution in [3.8, 4) is 11.8 Å². The maximum Gasteiger partial charge on any atom is 0.255 e. The molecule has 1 aromatic carbocycles. The maximum absolute atomic E-state index is 12.2. The molecule has 0 spiro atoms.